The number of nitrogens with one attached hydrogen (secondary N) is 3. The molecule has 104 valence electrons. The van der Waals surface area contributed by atoms with Gasteiger partial charge in [0.25, 0.3) is 5.91 Å². The van der Waals surface area contributed by atoms with E-state index in [0.29, 0.717) is 6.07 Å². The molecule has 0 saturated carbocycles. The van der Waals surface area contributed by atoms with Crippen molar-refractivity contribution in [3.8, 4) is 0 Å². The molecule has 0 aliphatic rings. The van der Waals surface area contributed by atoms with Crippen LogP contribution in [0.1, 0.15) is 10.4 Å². The molecule has 2 amide bonds. The largest absolute Gasteiger partial charge is 0.343 e. The number of aromatic amines is 1. The van der Waals surface area contributed by atoms with Gasteiger partial charge >= 0.3 is 0 Å². The lowest BCUT2D eigenvalue weighted by Crippen LogP contribution is -2.33. The number of amides is 2. The zero-order chi connectivity index (χ0) is 14.5. The summed E-state index contributed by atoms with van der Waals surface area (Å²) in [6, 6.07) is 2.53. The molecule has 3 N–H and O–H groups in total. The highest BCUT2D eigenvalue weighted by Crippen LogP contribution is 2.09. The number of halogens is 2. The molecule has 0 atom stereocenters. The molecule has 20 heavy (non-hydrogen) atoms. The van der Waals surface area contributed by atoms with E-state index in [1.165, 1.54) is 6.33 Å². The van der Waals surface area contributed by atoms with Crippen molar-refractivity contribution >= 4 is 17.8 Å². The molecule has 2 aromatic rings. The van der Waals surface area contributed by atoms with E-state index >= 15 is 0 Å². The number of hydrogen-bond donors (Lipinski definition) is 3. The van der Waals surface area contributed by atoms with Crippen LogP contribution in [0.15, 0.2) is 24.5 Å². The first-order valence-corrected chi connectivity index (χ1v) is 5.44. The molecule has 2 rings (SSSR count). The van der Waals surface area contributed by atoms with Crippen molar-refractivity contribution in [3.05, 3.63) is 41.7 Å². The van der Waals surface area contributed by atoms with Gasteiger partial charge < -0.3 is 5.32 Å². The van der Waals surface area contributed by atoms with Crippen molar-refractivity contribution < 1.29 is 18.4 Å². The Kier molecular flexibility index (Phi) is 3.99. The second-order valence-electron chi connectivity index (χ2n) is 3.69. The molecule has 7 nitrogen and oxygen atoms in total. The van der Waals surface area contributed by atoms with Gasteiger partial charge in [-0.3, -0.25) is 14.9 Å². The first kappa shape index (κ1) is 13.6. The van der Waals surface area contributed by atoms with E-state index in [4.69, 9.17) is 0 Å². The fourth-order valence-corrected chi connectivity index (χ4v) is 1.37. The summed E-state index contributed by atoms with van der Waals surface area (Å²) in [6.07, 6.45) is 1.20. The monoisotopic (exact) mass is 281 g/mol. The van der Waals surface area contributed by atoms with E-state index < -0.39 is 30.0 Å². The van der Waals surface area contributed by atoms with Crippen molar-refractivity contribution in [1.82, 2.24) is 20.5 Å². The second-order valence-corrected chi connectivity index (χ2v) is 3.69. The Labute approximate surface area is 111 Å². The normalized spacial score (nSPS) is 10.1. The molecule has 0 bridgehead atoms. The van der Waals surface area contributed by atoms with Crippen LogP contribution >= 0.6 is 0 Å². The molecule has 0 radical (unpaired) electrons. The standard InChI is InChI=1S/C11H9F2N5O2/c12-6-1-2-7(8(13)3-6)10(20)14-4-9(19)17-11-15-5-16-18-11/h1-3,5H,4H2,(H,14,20)(H2,15,16,17,18,19). The summed E-state index contributed by atoms with van der Waals surface area (Å²) in [5, 5.41) is 10.4. The minimum atomic E-state index is -1.00. The van der Waals surface area contributed by atoms with E-state index in [-0.39, 0.29) is 11.5 Å². The number of rotatable bonds is 4. The highest BCUT2D eigenvalue weighted by Gasteiger charge is 2.13. The number of hydrogen-bond acceptors (Lipinski definition) is 4. The lowest BCUT2D eigenvalue weighted by molar-refractivity contribution is -0.115. The number of carbonyl (C=O) groups excluding carboxylic acids is 2. The molecule has 9 heteroatoms. The number of carbonyl (C=O) groups is 2. The Morgan fingerprint density at radius 2 is 2.10 bits per heavy atom. The van der Waals surface area contributed by atoms with E-state index in [1.807, 2.05) is 0 Å². The Hall–Kier alpha value is -2.84. The third-order valence-corrected chi connectivity index (χ3v) is 2.26. The summed E-state index contributed by atoms with van der Waals surface area (Å²) in [5.41, 5.74) is -0.348. The van der Waals surface area contributed by atoms with Crippen LogP contribution in [-0.2, 0) is 4.79 Å². The van der Waals surface area contributed by atoms with Crippen molar-refractivity contribution in [3.63, 3.8) is 0 Å². The summed E-state index contributed by atoms with van der Waals surface area (Å²) in [5.74, 6) is -3.06. The lowest BCUT2D eigenvalue weighted by Gasteiger charge is -2.05. The van der Waals surface area contributed by atoms with Gasteiger partial charge in [-0.1, -0.05) is 0 Å². The molecule has 1 heterocycles. The van der Waals surface area contributed by atoms with Gasteiger partial charge in [0.05, 0.1) is 12.1 Å². The van der Waals surface area contributed by atoms with Gasteiger partial charge in [-0.15, -0.1) is 0 Å². The smallest absolute Gasteiger partial charge is 0.254 e. The zero-order valence-corrected chi connectivity index (χ0v) is 9.98. The first-order valence-electron chi connectivity index (χ1n) is 5.44. The molecule has 1 aromatic carbocycles. The van der Waals surface area contributed by atoms with Gasteiger partial charge in [-0.05, 0) is 12.1 Å². The minimum absolute atomic E-state index is 0.122. The van der Waals surface area contributed by atoms with Crippen LogP contribution in [0.4, 0.5) is 14.7 Å². The summed E-state index contributed by atoms with van der Waals surface area (Å²) < 4.78 is 26.0. The van der Waals surface area contributed by atoms with E-state index in [9.17, 15) is 18.4 Å². The van der Waals surface area contributed by atoms with Gasteiger partial charge in [0.1, 0.15) is 18.0 Å². The van der Waals surface area contributed by atoms with Gasteiger partial charge in [-0.2, -0.15) is 10.1 Å². The molecule has 0 saturated heterocycles. The Bertz CT molecular complexity index is 630. The third-order valence-electron chi connectivity index (χ3n) is 2.26. The van der Waals surface area contributed by atoms with Crippen molar-refractivity contribution in [2.45, 2.75) is 0 Å². The zero-order valence-electron chi connectivity index (χ0n) is 9.98. The van der Waals surface area contributed by atoms with Gasteiger partial charge in [0.2, 0.25) is 11.9 Å². The van der Waals surface area contributed by atoms with Gasteiger partial charge in [-0.25, -0.2) is 13.9 Å². The predicted molar refractivity (Wildman–Crippen MR) is 63.7 cm³/mol. The van der Waals surface area contributed by atoms with Crippen LogP contribution in [0.25, 0.3) is 0 Å². The number of H-pyrrole nitrogens is 1. The van der Waals surface area contributed by atoms with Crippen LogP contribution in [0.3, 0.4) is 0 Å². The second kappa shape index (κ2) is 5.87. The van der Waals surface area contributed by atoms with Gasteiger partial charge in [0.15, 0.2) is 0 Å². The van der Waals surface area contributed by atoms with E-state index in [0.717, 1.165) is 12.1 Å². The quantitative estimate of drug-likeness (QED) is 0.757. The van der Waals surface area contributed by atoms with Crippen molar-refractivity contribution in [1.29, 1.82) is 0 Å². The molecular formula is C11H9F2N5O2. The third kappa shape index (κ3) is 3.34. The highest BCUT2D eigenvalue weighted by molar-refractivity contribution is 5.98. The highest BCUT2D eigenvalue weighted by atomic mass is 19.1. The molecule has 1 aromatic heterocycles. The summed E-state index contributed by atoms with van der Waals surface area (Å²) in [7, 11) is 0. The van der Waals surface area contributed by atoms with Crippen LogP contribution in [0.5, 0.6) is 0 Å². The van der Waals surface area contributed by atoms with Crippen LogP contribution in [-0.4, -0.2) is 33.5 Å². The number of benzene rings is 1. The fraction of sp³-hybridized carbons (Fsp3) is 0.0909. The molecule has 0 unspecified atom stereocenters. The van der Waals surface area contributed by atoms with Crippen molar-refractivity contribution in [2.24, 2.45) is 0 Å². The first-order chi connectivity index (χ1) is 9.56. The van der Waals surface area contributed by atoms with Crippen LogP contribution < -0.4 is 10.6 Å². The predicted octanol–water partition coefficient (Wildman–Crippen LogP) is 0.451. The maximum absolute atomic E-state index is 13.3. The Balaban J connectivity index is 1.90. The minimum Gasteiger partial charge on any atom is -0.343 e. The fourth-order valence-electron chi connectivity index (χ4n) is 1.37. The summed E-state index contributed by atoms with van der Waals surface area (Å²) in [4.78, 5) is 26.7. The topological polar surface area (TPSA) is 99.8 Å². The van der Waals surface area contributed by atoms with Crippen LogP contribution in [0, 0.1) is 11.6 Å². The van der Waals surface area contributed by atoms with E-state index in [1.54, 1.807) is 0 Å². The average molecular weight is 281 g/mol. The molecule has 0 aliphatic heterocycles. The lowest BCUT2D eigenvalue weighted by atomic mass is 10.2. The summed E-state index contributed by atoms with van der Waals surface area (Å²) >= 11 is 0. The maximum atomic E-state index is 13.3. The molecule has 0 spiro atoms. The molecule has 0 fully saturated rings. The number of aromatic nitrogens is 3. The molecular weight excluding hydrogens is 272 g/mol. The number of anilines is 1. The summed E-state index contributed by atoms with van der Waals surface area (Å²) in [6.45, 7) is -0.393. The maximum Gasteiger partial charge on any atom is 0.254 e. The van der Waals surface area contributed by atoms with Gasteiger partial charge in [0, 0.05) is 6.07 Å². The SMILES string of the molecule is O=C(CNC(=O)c1ccc(F)cc1F)Nc1ncn[nH]1. The Morgan fingerprint density at radius 3 is 2.75 bits per heavy atom. The van der Waals surface area contributed by atoms with Crippen LogP contribution in [0.2, 0.25) is 0 Å². The molecule has 0 aliphatic carbocycles. The Morgan fingerprint density at radius 1 is 1.30 bits per heavy atom. The number of nitrogens with zero attached hydrogens (tertiary/aromatic N) is 2. The van der Waals surface area contributed by atoms with Crippen molar-refractivity contribution in [2.75, 3.05) is 11.9 Å². The van der Waals surface area contributed by atoms with E-state index in [2.05, 4.69) is 25.8 Å². The average Bonchev–Trinajstić information content (AvgIpc) is 2.89.